The number of nitrogens with zero attached hydrogens (tertiary/aromatic N) is 3. The molecule has 1 aliphatic heterocycles. The topological polar surface area (TPSA) is 57.8 Å². The van der Waals surface area contributed by atoms with Crippen molar-refractivity contribution in [2.45, 2.75) is 25.7 Å². The first-order valence-electron chi connectivity index (χ1n) is 7.17. The molecule has 5 heteroatoms. The largest absolute Gasteiger partial charge is 0.477 e. The van der Waals surface area contributed by atoms with E-state index in [0.29, 0.717) is 0 Å². The summed E-state index contributed by atoms with van der Waals surface area (Å²) in [5.74, 6) is -0.0728. The minimum atomic E-state index is -0.909. The van der Waals surface area contributed by atoms with Crippen LogP contribution in [-0.4, -0.2) is 45.0 Å². The standard InChI is InChI=1S/C15H19N3O2/c19-15(20)13-6-4-5-12-11-16-14(18(12)13)7-10-17-8-2-1-3-9-17/h4-6,11H,1-3,7-10H2,(H,19,20). The summed E-state index contributed by atoms with van der Waals surface area (Å²) in [6.07, 6.45) is 6.40. The van der Waals surface area contributed by atoms with Gasteiger partial charge in [0.15, 0.2) is 0 Å². The second-order valence-electron chi connectivity index (χ2n) is 5.30. The molecule has 1 fully saturated rings. The quantitative estimate of drug-likeness (QED) is 0.926. The zero-order valence-corrected chi connectivity index (χ0v) is 11.5. The van der Waals surface area contributed by atoms with Crippen molar-refractivity contribution in [2.75, 3.05) is 19.6 Å². The van der Waals surface area contributed by atoms with Gasteiger partial charge in [-0.1, -0.05) is 12.5 Å². The summed E-state index contributed by atoms with van der Waals surface area (Å²) in [7, 11) is 0. The number of fused-ring (bicyclic) bond motifs is 1. The molecule has 0 aliphatic carbocycles. The van der Waals surface area contributed by atoms with Gasteiger partial charge in [-0.3, -0.25) is 4.40 Å². The molecule has 2 aromatic rings. The molecule has 1 saturated heterocycles. The molecular formula is C15H19N3O2. The van der Waals surface area contributed by atoms with Crippen LogP contribution in [0.5, 0.6) is 0 Å². The van der Waals surface area contributed by atoms with Crippen LogP contribution in [0, 0.1) is 0 Å². The zero-order valence-electron chi connectivity index (χ0n) is 11.5. The Bertz CT molecular complexity index is 615. The Morgan fingerprint density at radius 1 is 1.25 bits per heavy atom. The molecule has 5 nitrogen and oxygen atoms in total. The van der Waals surface area contributed by atoms with Crippen LogP contribution in [0.2, 0.25) is 0 Å². The van der Waals surface area contributed by atoms with Crippen molar-refractivity contribution in [2.24, 2.45) is 0 Å². The monoisotopic (exact) mass is 273 g/mol. The van der Waals surface area contributed by atoms with E-state index in [2.05, 4.69) is 9.88 Å². The van der Waals surface area contributed by atoms with Crippen molar-refractivity contribution in [3.05, 3.63) is 35.9 Å². The molecule has 0 atom stereocenters. The highest BCUT2D eigenvalue weighted by molar-refractivity contribution is 5.86. The second kappa shape index (κ2) is 5.63. The van der Waals surface area contributed by atoms with Crippen LogP contribution >= 0.6 is 0 Å². The summed E-state index contributed by atoms with van der Waals surface area (Å²) in [5.41, 5.74) is 1.13. The predicted molar refractivity (Wildman–Crippen MR) is 76.1 cm³/mol. The van der Waals surface area contributed by atoms with E-state index >= 15 is 0 Å². The van der Waals surface area contributed by atoms with Crippen LogP contribution in [0.25, 0.3) is 5.52 Å². The highest BCUT2D eigenvalue weighted by Gasteiger charge is 2.15. The number of carbonyl (C=O) groups is 1. The van der Waals surface area contributed by atoms with Crippen molar-refractivity contribution in [3.8, 4) is 0 Å². The molecule has 20 heavy (non-hydrogen) atoms. The van der Waals surface area contributed by atoms with E-state index in [9.17, 15) is 9.90 Å². The van der Waals surface area contributed by atoms with Crippen LogP contribution in [0.4, 0.5) is 0 Å². The van der Waals surface area contributed by atoms with Crippen molar-refractivity contribution in [1.82, 2.24) is 14.3 Å². The summed E-state index contributed by atoms with van der Waals surface area (Å²) in [6, 6.07) is 5.28. The first kappa shape index (κ1) is 13.1. The third-order valence-corrected chi connectivity index (χ3v) is 3.94. The first-order chi connectivity index (χ1) is 9.75. The van der Waals surface area contributed by atoms with E-state index in [0.717, 1.165) is 37.4 Å². The fourth-order valence-corrected chi connectivity index (χ4v) is 2.90. The first-order valence-corrected chi connectivity index (χ1v) is 7.17. The van der Waals surface area contributed by atoms with Crippen LogP contribution in [-0.2, 0) is 6.42 Å². The van der Waals surface area contributed by atoms with Gasteiger partial charge in [-0.2, -0.15) is 0 Å². The minimum absolute atomic E-state index is 0.286. The average Bonchev–Trinajstić information content (AvgIpc) is 2.89. The molecule has 1 N–H and O–H groups in total. The van der Waals surface area contributed by atoms with Crippen LogP contribution < -0.4 is 0 Å². The van der Waals surface area contributed by atoms with E-state index in [-0.39, 0.29) is 5.69 Å². The maximum absolute atomic E-state index is 11.3. The minimum Gasteiger partial charge on any atom is -0.477 e. The summed E-state index contributed by atoms with van der Waals surface area (Å²) >= 11 is 0. The number of aromatic carboxylic acids is 1. The van der Waals surface area contributed by atoms with Crippen LogP contribution in [0.3, 0.4) is 0 Å². The Hall–Kier alpha value is -1.88. The highest BCUT2D eigenvalue weighted by Crippen LogP contribution is 2.14. The highest BCUT2D eigenvalue weighted by atomic mass is 16.4. The van der Waals surface area contributed by atoms with Gasteiger partial charge in [0.25, 0.3) is 0 Å². The van der Waals surface area contributed by atoms with E-state index in [1.807, 2.05) is 6.07 Å². The fourth-order valence-electron chi connectivity index (χ4n) is 2.90. The Morgan fingerprint density at radius 3 is 2.80 bits per heavy atom. The molecule has 0 radical (unpaired) electrons. The van der Waals surface area contributed by atoms with Gasteiger partial charge >= 0.3 is 5.97 Å². The van der Waals surface area contributed by atoms with Gasteiger partial charge in [0.1, 0.15) is 11.5 Å². The Kier molecular flexibility index (Phi) is 3.69. The summed E-state index contributed by atoms with van der Waals surface area (Å²) in [5, 5.41) is 9.28. The maximum Gasteiger partial charge on any atom is 0.352 e. The predicted octanol–water partition coefficient (Wildman–Crippen LogP) is 2.06. The van der Waals surface area contributed by atoms with Gasteiger partial charge in [-0.15, -0.1) is 0 Å². The number of carboxylic acids is 1. The molecule has 3 heterocycles. The Labute approximate surface area is 117 Å². The van der Waals surface area contributed by atoms with Crippen LogP contribution in [0.15, 0.2) is 24.4 Å². The molecule has 0 unspecified atom stereocenters. The Balaban J connectivity index is 1.82. The average molecular weight is 273 g/mol. The third-order valence-electron chi connectivity index (χ3n) is 3.94. The number of hydrogen-bond acceptors (Lipinski definition) is 3. The van der Waals surface area contributed by atoms with Crippen LogP contribution in [0.1, 0.15) is 35.6 Å². The second-order valence-corrected chi connectivity index (χ2v) is 5.30. The lowest BCUT2D eigenvalue weighted by atomic mass is 10.1. The third kappa shape index (κ3) is 2.54. The normalized spacial score (nSPS) is 16.6. The van der Waals surface area contributed by atoms with E-state index < -0.39 is 5.97 Å². The van der Waals surface area contributed by atoms with Gasteiger partial charge < -0.3 is 10.0 Å². The lowest BCUT2D eigenvalue weighted by Crippen LogP contribution is -2.31. The summed E-state index contributed by atoms with van der Waals surface area (Å²) < 4.78 is 1.76. The molecule has 0 amide bonds. The Morgan fingerprint density at radius 2 is 2.05 bits per heavy atom. The molecule has 0 bridgehead atoms. The number of imidazole rings is 1. The number of likely N-dealkylation sites (tertiary alicyclic amines) is 1. The molecule has 0 aromatic carbocycles. The van der Waals surface area contributed by atoms with Gasteiger partial charge in [0.05, 0.1) is 11.7 Å². The number of piperidine rings is 1. The maximum atomic E-state index is 11.3. The molecule has 3 rings (SSSR count). The number of aromatic nitrogens is 2. The van der Waals surface area contributed by atoms with Crippen molar-refractivity contribution in [1.29, 1.82) is 0 Å². The molecule has 0 saturated carbocycles. The van der Waals surface area contributed by atoms with Crippen molar-refractivity contribution in [3.63, 3.8) is 0 Å². The number of rotatable bonds is 4. The van der Waals surface area contributed by atoms with Gasteiger partial charge in [0, 0.05) is 13.0 Å². The summed E-state index contributed by atoms with van der Waals surface area (Å²) in [6.45, 7) is 3.25. The van der Waals surface area contributed by atoms with Crippen molar-refractivity contribution >= 4 is 11.5 Å². The number of hydrogen-bond donors (Lipinski definition) is 1. The lowest BCUT2D eigenvalue weighted by molar-refractivity contribution is 0.0688. The number of carboxylic acid groups (broad SMARTS) is 1. The van der Waals surface area contributed by atoms with Gasteiger partial charge in [-0.05, 0) is 38.1 Å². The van der Waals surface area contributed by atoms with E-state index in [1.54, 1.807) is 22.7 Å². The molecular weight excluding hydrogens is 254 g/mol. The summed E-state index contributed by atoms with van der Waals surface area (Å²) in [4.78, 5) is 18.1. The molecule has 1 aliphatic rings. The zero-order chi connectivity index (χ0) is 13.9. The number of pyridine rings is 1. The molecule has 106 valence electrons. The molecule has 0 spiro atoms. The van der Waals surface area contributed by atoms with E-state index in [4.69, 9.17) is 0 Å². The molecule has 2 aromatic heterocycles. The van der Waals surface area contributed by atoms with Gasteiger partial charge in [-0.25, -0.2) is 9.78 Å². The SMILES string of the molecule is O=C(O)c1cccc2cnc(CCN3CCCCC3)n12. The van der Waals surface area contributed by atoms with Gasteiger partial charge in [0.2, 0.25) is 0 Å². The smallest absolute Gasteiger partial charge is 0.352 e. The van der Waals surface area contributed by atoms with E-state index in [1.165, 1.54) is 19.3 Å². The van der Waals surface area contributed by atoms with Crippen molar-refractivity contribution < 1.29 is 9.90 Å². The lowest BCUT2D eigenvalue weighted by Gasteiger charge is -2.26. The fraction of sp³-hybridized carbons (Fsp3) is 0.467.